The summed E-state index contributed by atoms with van der Waals surface area (Å²) in [5.74, 6) is -0.353. The number of rotatable bonds is 1. The van der Waals surface area contributed by atoms with Crippen LogP contribution < -0.4 is 5.73 Å². The number of nitrogens with two attached hydrogens (primary N) is 1. The first-order valence-corrected chi connectivity index (χ1v) is 6.83. The van der Waals surface area contributed by atoms with Crippen LogP contribution in [0.2, 0.25) is 0 Å². The lowest BCUT2D eigenvalue weighted by molar-refractivity contribution is 0.0525. The summed E-state index contributed by atoms with van der Waals surface area (Å²) in [6.07, 6.45) is 3.83. The number of imide groups is 1. The Kier molecular flexibility index (Phi) is 2.90. The van der Waals surface area contributed by atoms with Gasteiger partial charge >= 0.3 is 0 Å². The van der Waals surface area contributed by atoms with Crippen LogP contribution in [0.5, 0.6) is 0 Å². The Hall–Kier alpha value is -1.68. The van der Waals surface area contributed by atoms with Crippen LogP contribution in [0.15, 0.2) is 18.2 Å². The molecule has 0 aromatic heterocycles. The van der Waals surface area contributed by atoms with Crippen molar-refractivity contribution in [3.63, 3.8) is 0 Å². The molecule has 2 aliphatic rings. The van der Waals surface area contributed by atoms with E-state index < -0.39 is 0 Å². The summed E-state index contributed by atoms with van der Waals surface area (Å²) in [5, 5.41) is 0. The first-order valence-electron chi connectivity index (χ1n) is 6.83. The third-order valence-electron chi connectivity index (χ3n) is 4.19. The Morgan fingerprint density at radius 3 is 2.53 bits per heavy atom. The molecule has 4 nitrogen and oxygen atoms in total. The summed E-state index contributed by atoms with van der Waals surface area (Å²) >= 11 is 0. The molecule has 0 spiro atoms. The van der Waals surface area contributed by atoms with Crippen molar-refractivity contribution in [3.8, 4) is 0 Å². The lowest BCUT2D eigenvalue weighted by Gasteiger charge is -2.34. The largest absolute Gasteiger partial charge is 0.326 e. The molecule has 1 saturated carbocycles. The Balaban J connectivity index is 1.98. The van der Waals surface area contributed by atoms with E-state index in [1.807, 2.05) is 13.0 Å². The lowest BCUT2D eigenvalue weighted by Crippen LogP contribution is -2.51. The molecule has 1 heterocycles. The second-order valence-corrected chi connectivity index (χ2v) is 5.55. The number of amides is 2. The highest BCUT2D eigenvalue weighted by molar-refractivity contribution is 6.21. The van der Waals surface area contributed by atoms with Crippen LogP contribution in [0.25, 0.3) is 0 Å². The van der Waals surface area contributed by atoms with E-state index in [1.165, 1.54) is 4.90 Å². The normalized spacial score (nSPS) is 26.7. The number of fused-ring (bicyclic) bond motifs is 1. The van der Waals surface area contributed by atoms with Crippen molar-refractivity contribution in [1.29, 1.82) is 0 Å². The van der Waals surface area contributed by atoms with Gasteiger partial charge in [-0.2, -0.15) is 0 Å². The lowest BCUT2D eigenvalue weighted by atomic mass is 9.90. The van der Waals surface area contributed by atoms with Gasteiger partial charge in [0, 0.05) is 6.04 Å². The van der Waals surface area contributed by atoms with Crippen LogP contribution in [0.4, 0.5) is 0 Å². The van der Waals surface area contributed by atoms with E-state index >= 15 is 0 Å². The van der Waals surface area contributed by atoms with Gasteiger partial charge in [-0.1, -0.05) is 24.5 Å². The summed E-state index contributed by atoms with van der Waals surface area (Å²) in [5.41, 5.74) is 8.15. The highest BCUT2D eigenvalue weighted by atomic mass is 16.2. The minimum atomic E-state index is -0.178. The van der Waals surface area contributed by atoms with E-state index in [0.717, 1.165) is 31.2 Å². The fraction of sp³-hybridized carbons (Fsp3) is 0.467. The number of aryl methyl sites for hydroxylation is 1. The maximum absolute atomic E-state index is 12.5. The smallest absolute Gasteiger partial charge is 0.261 e. The molecule has 19 heavy (non-hydrogen) atoms. The van der Waals surface area contributed by atoms with Crippen molar-refractivity contribution in [3.05, 3.63) is 34.9 Å². The second kappa shape index (κ2) is 4.46. The van der Waals surface area contributed by atoms with Gasteiger partial charge in [0.05, 0.1) is 17.2 Å². The highest BCUT2D eigenvalue weighted by Crippen LogP contribution is 2.30. The molecule has 1 aliphatic heterocycles. The molecule has 0 saturated heterocycles. The quantitative estimate of drug-likeness (QED) is 0.782. The molecule has 2 N–H and O–H groups in total. The van der Waals surface area contributed by atoms with Crippen LogP contribution in [-0.2, 0) is 0 Å². The Labute approximate surface area is 112 Å². The molecule has 1 aliphatic carbocycles. The first-order chi connectivity index (χ1) is 9.09. The van der Waals surface area contributed by atoms with Crippen LogP contribution >= 0.6 is 0 Å². The molecule has 4 heteroatoms. The zero-order valence-corrected chi connectivity index (χ0v) is 11.1. The summed E-state index contributed by atoms with van der Waals surface area (Å²) < 4.78 is 0. The third kappa shape index (κ3) is 1.87. The number of hydrogen-bond donors (Lipinski definition) is 1. The molecule has 0 bridgehead atoms. The summed E-state index contributed by atoms with van der Waals surface area (Å²) in [4.78, 5) is 26.3. The fourth-order valence-corrected chi connectivity index (χ4v) is 3.14. The number of hydrogen-bond acceptors (Lipinski definition) is 3. The molecule has 0 radical (unpaired) electrons. The molecule has 100 valence electrons. The van der Waals surface area contributed by atoms with Crippen molar-refractivity contribution in [2.45, 2.75) is 44.7 Å². The van der Waals surface area contributed by atoms with Gasteiger partial charge in [0.25, 0.3) is 11.8 Å². The Morgan fingerprint density at radius 1 is 1.11 bits per heavy atom. The molecule has 2 amide bonds. The highest BCUT2D eigenvalue weighted by Gasteiger charge is 2.42. The van der Waals surface area contributed by atoms with Gasteiger partial charge in [-0.3, -0.25) is 14.5 Å². The van der Waals surface area contributed by atoms with Crippen molar-refractivity contribution in [1.82, 2.24) is 4.90 Å². The molecule has 2 atom stereocenters. The van der Waals surface area contributed by atoms with Crippen molar-refractivity contribution >= 4 is 11.8 Å². The molecular weight excluding hydrogens is 240 g/mol. The van der Waals surface area contributed by atoms with Gasteiger partial charge in [0.1, 0.15) is 0 Å². The van der Waals surface area contributed by atoms with Gasteiger partial charge in [-0.15, -0.1) is 0 Å². The van der Waals surface area contributed by atoms with Crippen LogP contribution in [0.1, 0.15) is 52.0 Å². The van der Waals surface area contributed by atoms with E-state index in [2.05, 4.69) is 0 Å². The number of carbonyl (C=O) groups is 2. The number of carbonyl (C=O) groups excluding carboxylic acids is 2. The SMILES string of the molecule is Cc1ccc2c(c1)C(=O)N([C@@H]1CCCC[C@H]1N)C2=O. The average molecular weight is 258 g/mol. The molecule has 1 aromatic rings. The topological polar surface area (TPSA) is 63.4 Å². The predicted molar refractivity (Wildman–Crippen MR) is 71.9 cm³/mol. The Morgan fingerprint density at radius 2 is 1.79 bits per heavy atom. The van der Waals surface area contributed by atoms with Gasteiger partial charge < -0.3 is 5.73 Å². The van der Waals surface area contributed by atoms with E-state index in [4.69, 9.17) is 5.73 Å². The summed E-state index contributed by atoms with van der Waals surface area (Å²) in [6.45, 7) is 1.92. The van der Waals surface area contributed by atoms with Crippen LogP contribution in [-0.4, -0.2) is 28.8 Å². The molecule has 1 aromatic carbocycles. The minimum Gasteiger partial charge on any atom is -0.326 e. The maximum atomic E-state index is 12.5. The first kappa shape index (κ1) is 12.4. The van der Waals surface area contributed by atoms with Crippen molar-refractivity contribution in [2.24, 2.45) is 5.73 Å². The third-order valence-corrected chi connectivity index (χ3v) is 4.19. The van der Waals surface area contributed by atoms with Crippen molar-refractivity contribution in [2.75, 3.05) is 0 Å². The van der Waals surface area contributed by atoms with Crippen LogP contribution in [0, 0.1) is 6.92 Å². The molecular formula is C15H18N2O2. The summed E-state index contributed by atoms with van der Waals surface area (Å²) in [7, 11) is 0. The van der Waals surface area contributed by atoms with Crippen LogP contribution in [0.3, 0.4) is 0 Å². The maximum Gasteiger partial charge on any atom is 0.261 e. The zero-order valence-electron chi connectivity index (χ0n) is 11.1. The molecule has 3 rings (SSSR count). The average Bonchev–Trinajstić information content (AvgIpc) is 2.63. The van der Waals surface area contributed by atoms with E-state index in [-0.39, 0.29) is 23.9 Å². The second-order valence-electron chi connectivity index (χ2n) is 5.55. The fourth-order valence-electron chi connectivity index (χ4n) is 3.14. The predicted octanol–water partition coefficient (Wildman–Crippen LogP) is 1.86. The number of nitrogens with zero attached hydrogens (tertiary/aromatic N) is 1. The molecule has 1 fully saturated rings. The standard InChI is InChI=1S/C15H18N2O2/c1-9-6-7-10-11(8-9)15(19)17(14(10)18)13-5-3-2-4-12(13)16/h6-8,12-13H,2-5,16H2,1H3/t12-,13-/m1/s1. The van der Waals surface area contributed by atoms with E-state index in [9.17, 15) is 9.59 Å². The van der Waals surface area contributed by atoms with Gasteiger partial charge in [-0.05, 0) is 31.9 Å². The number of benzene rings is 1. The minimum absolute atomic E-state index is 0.0861. The van der Waals surface area contributed by atoms with E-state index in [1.54, 1.807) is 12.1 Å². The van der Waals surface area contributed by atoms with Gasteiger partial charge in [0.15, 0.2) is 0 Å². The molecule has 0 unspecified atom stereocenters. The van der Waals surface area contributed by atoms with E-state index in [0.29, 0.717) is 11.1 Å². The van der Waals surface area contributed by atoms with Crippen molar-refractivity contribution < 1.29 is 9.59 Å². The monoisotopic (exact) mass is 258 g/mol. The Bertz CT molecular complexity index is 553. The summed E-state index contributed by atoms with van der Waals surface area (Å²) in [6, 6.07) is 5.19. The van der Waals surface area contributed by atoms with Gasteiger partial charge in [0.2, 0.25) is 0 Å². The zero-order chi connectivity index (χ0) is 13.6. The van der Waals surface area contributed by atoms with Gasteiger partial charge in [-0.25, -0.2) is 0 Å².